The summed E-state index contributed by atoms with van der Waals surface area (Å²) in [5, 5.41) is 14.9. The first-order chi connectivity index (χ1) is 10.2. The standard InChI is InChI=1S/C16H20N4O/c17-9-12-1-3-13(4-2-12)18-10-16(21)19-14-7-8-20(11-14)15-5-6-15/h1-4,14-15,18H,5-8,10-11H2,(H,19,21). The van der Waals surface area contributed by atoms with E-state index in [1.54, 1.807) is 12.1 Å². The van der Waals surface area contributed by atoms with Crippen LogP contribution in [0.25, 0.3) is 0 Å². The minimum Gasteiger partial charge on any atom is -0.376 e. The number of carbonyl (C=O) groups excluding carboxylic acids is 1. The van der Waals surface area contributed by atoms with Crippen molar-refractivity contribution in [2.45, 2.75) is 31.3 Å². The fraction of sp³-hybridized carbons (Fsp3) is 0.500. The third kappa shape index (κ3) is 3.73. The molecule has 1 amide bonds. The quantitative estimate of drug-likeness (QED) is 0.856. The van der Waals surface area contributed by atoms with E-state index in [1.807, 2.05) is 12.1 Å². The van der Waals surface area contributed by atoms with Gasteiger partial charge in [-0.05, 0) is 43.5 Å². The topological polar surface area (TPSA) is 68.2 Å². The zero-order valence-electron chi connectivity index (χ0n) is 12.0. The summed E-state index contributed by atoms with van der Waals surface area (Å²) in [5.74, 6) is 0.0296. The number of carbonyl (C=O) groups is 1. The lowest BCUT2D eigenvalue weighted by Crippen LogP contribution is -2.40. The van der Waals surface area contributed by atoms with Gasteiger partial charge >= 0.3 is 0 Å². The van der Waals surface area contributed by atoms with Gasteiger partial charge < -0.3 is 10.6 Å². The van der Waals surface area contributed by atoms with Crippen molar-refractivity contribution in [3.8, 4) is 6.07 Å². The SMILES string of the molecule is N#Cc1ccc(NCC(=O)NC2CCN(C3CC3)C2)cc1. The van der Waals surface area contributed by atoms with Crippen molar-refractivity contribution in [2.75, 3.05) is 25.0 Å². The fourth-order valence-electron chi connectivity index (χ4n) is 2.80. The third-order valence-corrected chi connectivity index (χ3v) is 4.12. The maximum Gasteiger partial charge on any atom is 0.239 e. The number of nitriles is 1. The van der Waals surface area contributed by atoms with E-state index in [4.69, 9.17) is 5.26 Å². The van der Waals surface area contributed by atoms with Crippen LogP contribution in [-0.2, 0) is 4.79 Å². The van der Waals surface area contributed by atoms with E-state index in [2.05, 4.69) is 21.6 Å². The molecule has 1 saturated heterocycles. The summed E-state index contributed by atoms with van der Waals surface area (Å²) in [4.78, 5) is 14.4. The minimum atomic E-state index is 0.0296. The van der Waals surface area contributed by atoms with Crippen LogP contribution in [0.2, 0.25) is 0 Å². The van der Waals surface area contributed by atoms with Crippen molar-refractivity contribution in [1.29, 1.82) is 5.26 Å². The van der Waals surface area contributed by atoms with Crippen molar-refractivity contribution < 1.29 is 4.79 Å². The van der Waals surface area contributed by atoms with Gasteiger partial charge in [-0.2, -0.15) is 5.26 Å². The van der Waals surface area contributed by atoms with E-state index in [9.17, 15) is 4.79 Å². The molecule has 0 bridgehead atoms. The molecule has 1 saturated carbocycles. The number of nitrogens with one attached hydrogen (secondary N) is 2. The Hall–Kier alpha value is -2.06. The van der Waals surface area contributed by atoms with Gasteiger partial charge in [-0.1, -0.05) is 0 Å². The average molecular weight is 284 g/mol. The largest absolute Gasteiger partial charge is 0.376 e. The molecule has 0 aromatic heterocycles. The number of hydrogen-bond acceptors (Lipinski definition) is 4. The smallest absolute Gasteiger partial charge is 0.239 e. The van der Waals surface area contributed by atoms with Crippen molar-refractivity contribution in [2.24, 2.45) is 0 Å². The molecule has 1 aromatic rings. The zero-order chi connectivity index (χ0) is 14.7. The van der Waals surface area contributed by atoms with Crippen molar-refractivity contribution in [1.82, 2.24) is 10.2 Å². The van der Waals surface area contributed by atoms with E-state index >= 15 is 0 Å². The molecule has 1 aliphatic carbocycles. The van der Waals surface area contributed by atoms with Crippen LogP contribution >= 0.6 is 0 Å². The molecule has 2 N–H and O–H groups in total. The Morgan fingerprint density at radius 2 is 2.05 bits per heavy atom. The van der Waals surface area contributed by atoms with E-state index in [1.165, 1.54) is 12.8 Å². The van der Waals surface area contributed by atoms with Gasteiger partial charge in [0.15, 0.2) is 0 Å². The van der Waals surface area contributed by atoms with Crippen LogP contribution in [0.1, 0.15) is 24.8 Å². The molecule has 21 heavy (non-hydrogen) atoms. The molecule has 3 rings (SSSR count). The Labute approximate surface area is 124 Å². The summed E-state index contributed by atoms with van der Waals surface area (Å²) in [7, 11) is 0. The van der Waals surface area contributed by atoms with Crippen LogP contribution in [0.3, 0.4) is 0 Å². The first-order valence-corrected chi connectivity index (χ1v) is 7.52. The Balaban J connectivity index is 1.40. The summed E-state index contributed by atoms with van der Waals surface area (Å²) in [6, 6.07) is 10.3. The molecule has 1 unspecified atom stereocenters. The second kappa shape index (κ2) is 6.15. The van der Waals surface area contributed by atoms with Crippen LogP contribution in [0.15, 0.2) is 24.3 Å². The normalized spacial score (nSPS) is 21.8. The maximum absolute atomic E-state index is 11.9. The number of hydrogen-bond donors (Lipinski definition) is 2. The van der Waals surface area contributed by atoms with Crippen LogP contribution in [0.4, 0.5) is 5.69 Å². The molecule has 110 valence electrons. The van der Waals surface area contributed by atoms with Crippen LogP contribution in [0.5, 0.6) is 0 Å². The molecule has 5 nitrogen and oxygen atoms in total. The number of anilines is 1. The zero-order valence-corrected chi connectivity index (χ0v) is 12.0. The number of amides is 1. The lowest BCUT2D eigenvalue weighted by atomic mass is 10.2. The molecular formula is C16H20N4O. The van der Waals surface area contributed by atoms with Gasteiger partial charge in [0.05, 0.1) is 18.2 Å². The fourth-order valence-corrected chi connectivity index (χ4v) is 2.80. The highest BCUT2D eigenvalue weighted by Gasteiger charge is 2.34. The highest BCUT2D eigenvalue weighted by atomic mass is 16.2. The van der Waals surface area contributed by atoms with Gasteiger partial charge in [-0.25, -0.2) is 0 Å². The van der Waals surface area contributed by atoms with Crippen LogP contribution < -0.4 is 10.6 Å². The minimum absolute atomic E-state index is 0.0296. The monoisotopic (exact) mass is 284 g/mol. The van der Waals surface area contributed by atoms with Crippen molar-refractivity contribution >= 4 is 11.6 Å². The number of rotatable bonds is 5. The van der Waals surface area contributed by atoms with Crippen LogP contribution in [-0.4, -0.2) is 42.5 Å². The second-order valence-electron chi connectivity index (χ2n) is 5.82. The van der Waals surface area contributed by atoms with E-state index < -0.39 is 0 Å². The Morgan fingerprint density at radius 1 is 1.29 bits per heavy atom. The Morgan fingerprint density at radius 3 is 2.71 bits per heavy atom. The number of benzene rings is 1. The molecule has 1 heterocycles. The predicted octanol–water partition coefficient (Wildman–Crippen LogP) is 1.32. The predicted molar refractivity (Wildman–Crippen MR) is 80.8 cm³/mol. The molecule has 5 heteroatoms. The van der Waals surface area contributed by atoms with Gasteiger partial charge in [-0.3, -0.25) is 9.69 Å². The molecule has 0 radical (unpaired) electrons. The third-order valence-electron chi connectivity index (χ3n) is 4.12. The summed E-state index contributed by atoms with van der Waals surface area (Å²) < 4.78 is 0. The first kappa shape index (κ1) is 13.9. The van der Waals surface area contributed by atoms with Gasteiger partial charge in [-0.15, -0.1) is 0 Å². The maximum atomic E-state index is 11.9. The van der Waals surface area contributed by atoms with E-state index in [0.717, 1.165) is 31.2 Å². The summed E-state index contributed by atoms with van der Waals surface area (Å²) in [6.45, 7) is 2.37. The molecule has 2 fully saturated rings. The van der Waals surface area contributed by atoms with Gasteiger partial charge in [0.1, 0.15) is 0 Å². The molecule has 2 aliphatic rings. The summed E-state index contributed by atoms with van der Waals surface area (Å²) >= 11 is 0. The molecule has 1 atom stereocenters. The van der Waals surface area contributed by atoms with Gasteiger partial charge in [0, 0.05) is 30.9 Å². The van der Waals surface area contributed by atoms with Crippen molar-refractivity contribution in [3.05, 3.63) is 29.8 Å². The average Bonchev–Trinajstić information content (AvgIpc) is 3.26. The summed E-state index contributed by atoms with van der Waals surface area (Å²) in [6.07, 6.45) is 3.70. The summed E-state index contributed by atoms with van der Waals surface area (Å²) in [5.41, 5.74) is 1.48. The Bertz CT molecular complexity index is 544. The second-order valence-corrected chi connectivity index (χ2v) is 5.82. The number of likely N-dealkylation sites (tertiary alicyclic amines) is 1. The van der Waals surface area contributed by atoms with Gasteiger partial charge in [0.25, 0.3) is 0 Å². The molecule has 1 aliphatic heterocycles. The van der Waals surface area contributed by atoms with Crippen LogP contribution in [0, 0.1) is 11.3 Å². The lowest BCUT2D eigenvalue weighted by Gasteiger charge is -2.16. The van der Waals surface area contributed by atoms with E-state index in [0.29, 0.717) is 11.6 Å². The molecule has 1 aromatic carbocycles. The highest BCUT2D eigenvalue weighted by Crippen LogP contribution is 2.29. The molecular weight excluding hydrogens is 264 g/mol. The van der Waals surface area contributed by atoms with E-state index in [-0.39, 0.29) is 12.5 Å². The van der Waals surface area contributed by atoms with Gasteiger partial charge in [0.2, 0.25) is 5.91 Å². The van der Waals surface area contributed by atoms with Crippen molar-refractivity contribution in [3.63, 3.8) is 0 Å². The first-order valence-electron chi connectivity index (χ1n) is 7.52. The molecule has 0 spiro atoms. The highest BCUT2D eigenvalue weighted by molar-refractivity contribution is 5.81. The number of nitrogens with zero attached hydrogens (tertiary/aromatic N) is 2. The lowest BCUT2D eigenvalue weighted by molar-refractivity contribution is -0.120. The Kier molecular flexibility index (Phi) is 4.07.